The lowest BCUT2D eigenvalue weighted by Crippen LogP contribution is -2.07. The molecule has 2 N–H and O–H groups in total. The van der Waals surface area contributed by atoms with Gasteiger partial charge in [-0.2, -0.15) is 5.10 Å². The fourth-order valence-corrected chi connectivity index (χ4v) is 2.76. The number of hydrogen-bond acceptors (Lipinski definition) is 4. The Bertz CT molecular complexity index is 944. The van der Waals surface area contributed by atoms with Gasteiger partial charge >= 0.3 is 0 Å². The van der Waals surface area contributed by atoms with Gasteiger partial charge < -0.3 is 9.84 Å². The van der Waals surface area contributed by atoms with Gasteiger partial charge in [-0.25, -0.2) is 0 Å². The molecule has 0 spiro atoms. The SMILES string of the molecule is COc1ccc(/C(=N/Nc2cccc(Cl)c2Cl)c2ccccc2)c(O)c1. The van der Waals surface area contributed by atoms with Crippen LogP contribution < -0.4 is 10.2 Å². The number of nitrogens with zero attached hydrogens (tertiary/aromatic N) is 1. The van der Waals surface area contributed by atoms with E-state index in [-0.39, 0.29) is 5.75 Å². The van der Waals surface area contributed by atoms with E-state index < -0.39 is 0 Å². The highest BCUT2D eigenvalue weighted by atomic mass is 35.5. The maximum Gasteiger partial charge on any atom is 0.128 e. The summed E-state index contributed by atoms with van der Waals surface area (Å²) in [4.78, 5) is 0. The van der Waals surface area contributed by atoms with Crippen molar-refractivity contribution in [3.63, 3.8) is 0 Å². The number of ether oxygens (including phenoxy) is 1. The fraction of sp³-hybridized carbons (Fsp3) is 0.0500. The Morgan fingerprint density at radius 3 is 2.46 bits per heavy atom. The van der Waals surface area contributed by atoms with Crippen molar-refractivity contribution in [1.29, 1.82) is 0 Å². The van der Waals surface area contributed by atoms with Gasteiger partial charge in [-0.3, -0.25) is 5.43 Å². The van der Waals surface area contributed by atoms with Crippen LogP contribution in [0.3, 0.4) is 0 Å². The molecule has 3 aromatic carbocycles. The number of phenols is 1. The van der Waals surface area contributed by atoms with Crippen LogP contribution in [0.25, 0.3) is 0 Å². The summed E-state index contributed by atoms with van der Waals surface area (Å²) < 4.78 is 5.15. The van der Waals surface area contributed by atoms with Crippen molar-refractivity contribution in [2.75, 3.05) is 12.5 Å². The number of hydrazone groups is 1. The van der Waals surface area contributed by atoms with Gasteiger partial charge in [0.15, 0.2) is 0 Å². The number of rotatable bonds is 5. The number of phenolic OH excluding ortho intramolecular Hbond substituents is 1. The molecule has 4 nitrogen and oxygen atoms in total. The molecule has 6 heteroatoms. The molecule has 0 bridgehead atoms. The van der Waals surface area contributed by atoms with Crippen LogP contribution in [0.2, 0.25) is 10.0 Å². The Morgan fingerprint density at radius 1 is 1.00 bits per heavy atom. The van der Waals surface area contributed by atoms with Gasteiger partial charge in [-0.05, 0) is 24.3 Å². The molecule has 0 saturated heterocycles. The molecule has 26 heavy (non-hydrogen) atoms. The van der Waals surface area contributed by atoms with E-state index in [4.69, 9.17) is 27.9 Å². The highest BCUT2D eigenvalue weighted by molar-refractivity contribution is 6.43. The maximum atomic E-state index is 10.4. The van der Waals surface area contributed by atoms with Crippen molar-refractivity contribution in [2.24, 2.45) is 5.10 Å². The largest absolute Gasteiger partial charge is 0.507 e. The number of aromatic hydroxyl groups is 1. The zero-order valence-corrected chi connectivity index (χ0v) is 15.4. The van der Waals surface area contributed by atoms with Crippen molar-refractivity contribution in [3.8, 4) is 11.5 Å². The Labute approximate surface area is 161 Å². The lowest BCUT2D eigenvalue weighted by Gasteiger charge is -2.12. The second-order valence-electron chi connectivity index (χ2n) is 5.42. The first-order chi connectivity index (χ1) is 12.6. The van der Waals surface area contributed by atoms with E-state index in [0.717, 1.165) is 5.56 Å². The highest BCUT2D eigenvalue weighted by Crippen LogP contribution is 2.30. The smallest absolute Gasteiger partial charge is 0.128 e. The molecule has 0 saturated carbocycles. The summed E-state index contributed by atoms with van der Waals surface area (Å²) in [5.74, 6) is 0.621. The minimum Gasteiger partial charge on any atom is -0.507 e. The van der Waals surface area contributed by atoms with E-state index in [1.807, 2.05) is 30.3 Å². The van der Waals surface area contributed by atoms with Crippen molar-refractivity contribution in [2.45, 2.75) is 0 Å². The van der Waals surface area contributed by atoms with Gasteiger partial charge in [0.25, 0.3) is 0 Å². The topological polar surface area (TPSA) is 53.8 Å². The van der Waals surface area contributed by atoms with Gasteiger partial charge in [-0.1, -0.05) is 59.6 Å². The van der Waals surface area contributed by atoms with Crippen molar-refractivity contribution in [3.05, 3.63) is 87.9 Å². The number of nitrogens with one attached hydrogen (secondary N) is 1. The van der Waals surface area contributed by atoms with Crippen molar-refractivity contribution < 1.29 is 9.84 Å². The lowest BCUT2D eigenvalue weighted by molar-refractivity contribution is 0.407. The third-order valence-electron chi connectivity index (χ3n) is 3.75. The van der Waals surface area contributed by atoms with Gasteiger partial charge in [0, 0.05) is 17.2 Å². The molecular formula is C20H16Cl2N2O2. The van der Waals surface area contributed by atoms with Crippen LogP contribution in [0.4, 0.5) is 5.69 Å². The zero-order valence-electron chi connectivity index (χ0n) is 13.9. The molecule has 132 valence electrons. The molecule has 0 aromatic heterocycles. The van der Waals surface area contributed by atoms with Crippen LogP contribution in [0, 0.1) is 0 Å². The molecule has 0 radical (unpaired) electrons. The van der Waals surface area contributed by atoms with Crippen molar-refractivity contribution >= 4 is 34.6 Å². The average Bonchev–Trinajstić information content (AvgIpc) is 2.67. The van der Waals surface area contributed by atoms with E-state index in [1.165, 1.54) is 0 Å². The number of halogens is 2. The van der Waals surface area contributed by atoms with Crippen LogP contribution in [-0.4, -0.2) is 17.9 Å². The normalized spacial score (nSPS) is 11.3. The van der Waals surface area contributed by atoms with Crippen LogP contribution in [0.1, 0.15) is 11.1 Å². The lowest BCUT2D eigenvalue weighted by atomic mass is 10.0. The first-order valence-corrected chi connectivity index (χ1v) is 8.56. The van der Waals surface area contributed by atoms with Crippen LogP contribution in [-0.2, 0) is 0 Å². The minimum atomic E-state index is 0.0611. The van der Waals surface area contributed by atoms with E-state index >= 15 is 0 Å². The molecule has 0 aliphatic carbocycles. The van der Waals surface area contributed by atoms with E-state index in [9.17, 15) is 5.11 Å². The quantitative estimate of drug-likeness (QED) is 0.444. The van der Waals surface area contributed by atoms with E-state index in [1.54, 1.807) is 43.5 Å². The van der Waals surface area contributed by atoms with E-state index in [2.05, 4.69) is 10.5 Å². The number of anilines is 1. The Balaban J connectivity index is 2.06. The Kier molecular flexibility index (Phi) is 5.66. The molecule has 0 atom stereocenters. The van der Waals surface area contributed by atoms with Gasteiger partial charge in [0.1, 0.15) is 17.2 Å². The van der Waals surface area contributed by atoms with Gasteiger partial charge in [0.05, 0.1) is 22.8 Å². The number of benzene rings is 3. The molecule has 0 aliphatic rings. The number of methoxy groups -OCH3 is 1. The predicted octanol–water partition coefficient (Wildman–Crippen LogP) is 5.57. The molecule has 3 aromatic rings. The predicted molar refractivity (Wildman–Crippen MR) is 107 cm³/mol. The Morgan fingerprint density at radius 2 is 1.77 bits per heavy atom. The molecule has 0 unspecified atom stereocenters. The number of hydrogen-bond donors (Lipinski definition) is 2. The summed E-state index contributed by atoms with van der Waals surface area (Å²) >= 11 is 12.3. The second kappa shape index (κ2) is 8.13. The fourth-order valence-electron chi connectivity index (χ4n) is 2.42. The summed E-state index contributed by atoms with van der Waals surface area (Å²) in [6, 6.07) is 19.8. The summed E-state index contributed by atoms with van der Waals surface area (Å²) in [5, 5.41) is 15.7. The molecule has 0 heterocycles. The summed E-state index contributed by atoms with van der Waals surface area (Å²) in [7, 11) is 1.54. The molecule has 0 aliphatic heterocycles. The van der Waals surface area contributed by atoms with Crippen LogP contribution >= 0.6 is 23.2 Å². The van der Waals surface area contributed by atoms with E-state index in [0.29, 0.717) is 32.8 Å². The van der Waals surface area contributed by atoms with Gasteiger partial charge in [-0.15, -0.1) is 0 Å². The Hall–Kier alpha value is -2.69. The first-order valence-electron chi connectivity index (χ1n) is 7.80. The standard InChI is InChI=1S/C20H16Cl2N2O2/c1-26-14-10-11-15(18(25)12-14)20(13-6-3-2-4-7-13)24-23-17-9-5-8-16(21)19(17)22/h2-12,23,25H,1H3/b24-20+. The summed E-state index contributed by atoms with van der Waals surface area (Å²) in [6.45, 7) is 0. The molecule has 0 amide bonds. The summed E-state index contributed by atoms with van der Waals surface area (Å²) in [6.07, 6.45) is 0. The maximum absolute atomic E-state index is 10.4. The minimum absolute atomic E-state index is 0.0611. The first kappa shape index (κ1) is 18.1. The molecular weight excluding hydrogens is 371 g/mol. The monoisotopic (exact) mass is 386 g/mol. The average molecular weight is 387 g/mol. The summed E-state index contributed by atoms with van der Waals surface area (Å²) in [5.41, 5.74) is 5.45. The molecule has 3 rings (SSSR count). The molecule has 0 fully saturated rings. The third kappa shape index (κ3) is 3.93. The van der Waals surface area contributed by atoms with Crippen LogP contribution in [0.5, 0.6) is 11.5 Å². The van der Waals surface area contributed by atoms with Crippen molar-refractivity contribution in [1.82, 2.24) is 0 Å². The van der Waals surface area contributed by atoms with Crippen LogP contribution in [0.15, 0.2) is 71.8 Å². The third-order valence-corrected chi connectivity index (χ3v) is 4.57. The second-order valence-corrected chi connectivity index (χ2v) is 6.21. The van der Waals surface area contributed by atoms with Gasteiger partial charge in [0.2, 0.25) is 0 Å². The highest BCUT2D eigenvalue weighted by Gasteiger charge is 2.13. The zero-order chi connectivity index (χ0) is 18.5.